The lowest BCUT2D eigenvalue weighted by Crippen LogP contribution is -2.48. The van der Waals surface area contributed by atoms with Crippen LogP contribution in [0.2, 0.25) is 0 Å². The number of rotatable bonds is 0. The van der Waals surface area contributed by atoms with E-state index in [9.17, 15) is 0 Å². The van der Waals surface area contributed by atoms with Gasteiger partial charge in [0.2, 0.25) is 5.69 Å². The molecule has 0 amide bonds. The van der Waals surface area contributed by atoms with Crippen LogP contribution >= 0.6 is 0 Å². The quantitative estimate of drug-likeness (QED) is 0.631. The number of hydrogen-bond acceptors (Lipinski definition) is 0. The van der Waals surface area contributed by atoms with Gasteiger partial charge in [-0.15, -0.1) is 0 Å². The Morgan fingerprint density at radius 3 is 2.19 bits per heavy atom. The van der Waals surface area contributed by atoms with Crippen molar-refractivity contribution in [3.05, 3.63) is 52.7 Å². The van der Waals surface area contributed by atoms with Crippen LogP contribution in [-0.4, -0.2) is 0 Å². The average molecular weight is 280 g/mol. The molecule has 1 nitrogen and oxygen atoms in total. The molecule has 0 bridgehead atoms. The second-order valence-corrected chi connectivity index (χ2v) is 7.58. The van der Waals surface area contributed by atoms with Gasteiger partial charge in [-0.2, -0.15) is 0 Å². The predicted molar refractivity (Wildman–Crippen MR) is 88.6 cm³/mol. The molecular weight excluding hydrogens is 254 g/mol. The van der Waals surface area contributed by atoms with Crippen molar-refractivity contribution in [2.75, 3.05) is 0 Å². The van der Waals surface area contributed by atoms with E-state index in [-0.39, 0.29) is 10.8 Å². The molecule has 1 aromatic carbocycles. The summed E-state index contributed by atoms with van der Waals surface area (Å²) in [4.78, 5) is 0. The topological polar surface area (TPSA) is 3.88 Å². The number of fused-ring (bicyclic) bond motifs is 3. The van der Waals surface area contributed by atoms with Crippen LogP contribution in [0, 0.1) is 13.8 Å². The van der Waals surface area contributed by atoms with Gasteiger partial charge in [-0.25, -0.2) is 4.57 Å². The molecule has 0 fully saturated rings. The van der Waals surface area contributed by atoms with Gasteiger partial charge in [0, 0.05) is 17.0 Å². The van der Waals surface area contributed by atoms with Gasteiger partial charge < -0.3 is 0 Å². The summed E-state index contributed by atoms with van der Waals surface area (Å²) in [7, 11) is 2.17. The number of hydrogen-bond donors (Lipinski definition) is 0. The Labute approximate surface area is 128 Å². The molecule has 21 heavy (non-hydrogen) atoms. The summed E-state index contributed by atoms with van der Waals surface area (Å²) in [5.74, 6) is 0. The Kier molecular flexibility index (Phi) is 2.86. The normalized spacial score (nSPS) is 18.0. The molecule has 0 spiro atoms. The molecule has 110 valence electrons. The molecule has 0 unspecified atom stereocenters. The first-order valence-corrected chi connectivity index (χ1v) is 7.80. The van der Waals surface area contributed by atoms with Gasteiger partial charge in [0.15, 0.2) is 6.20 Å². The fourth-order valence-electron chi connectivity index (χ4n) is 3.99. The highest BCUT2D eigenvalue weighted by Crippen LogP contribution is 2.54. The third-order valence-corrected chi connectivity index (χ3v) is 5.90. The van der Waals surface area contributed by atoms with Crippen LogP contribution in [0.15, 0.2) is 30.5 Å². The average Bonchev–Trinajstić information content (AvgIpc) is 2.39. The van der Waals surface area contributed by atoms with Crippen molar-refractivity contribution < 1.29 is 4.57 Å². The SMILES string of the molecule is Cc1cccc2c1-c1c(c(C)cc[n+]1C)C(C)(C)C2(C)C. The van der Waals surface area contributed by atoms with E-state index in [4.69, 9.17) is 0 Å². The van der Waals surface area contributed by atoms with Crippen molar-refractivity contribution in [2.24, 2.45) is 7.05 Å². The van der Waals surface area contributed by atoms with Crippen molar-refractivity contribution in [3.63, 3.8) is 0 Å². The molecule has 0 saturated carbocycles. The first-order valence-electron chi connectivity index (χ1n) is 7.80. The van der Waals surface area contributed by atoms with Crippen LogP contribution < -0.4 is 4.57 Å². The molecule has 0 saturated heterocycles. The van der Waals surface area contributed by atoms with Gasteiger partial charge in [-0.05, 0) is 36.0 Å². The first-order chi connectivity index (χ1) is 9.69. The molecule has 2 aromatic rings. The van der Waals surface area contributed by atoms with E-state index in [0.29, 0.717) is 0 Å². The highest BCUT2D eigenvalue weighted by atomic mass is 14.9. The van der Waals surface area contributed by atoms with E-state index < -0.39 is 0 Å². The molecule has 0 atom stereocenters. The van der Waals surface area contributed by atoms with E-state index in [1.54, 1.807) is 0 Å². The zero-order valence-electron chi connectivity index (χ0n) is 14.3. The second kappa shape index (κ2) is 4.19. The van der Waals surface area contributed by atoms with E-state index in [1.807, 2.05) is 0 Å². The second-order valence-electron chi connectivity index (χ2n) is 7.58. The molecule has 1 heterocycles. The Bertz CT molecular complexity index is 736. The molecule has 0 radical (unpaired) electrons. The summed E-state index contributed by atoms with van der Waals surface area (Å²) in [6, 6.07) is 9.00. The van der Waals surface area contributed by atoms with E-state index in [2.05, 4.69) is 83.6 Å². The lowest BCUT2D eigenvalue weighted by atomic mass is 9.55. The van der Waals surface area contributed by atoms with Gasteiger partial charge in [0.05, 0.1) is 5.56 Å². The maximum absolute atomic E-state index is 2.39. The van der Waals surface area contributed by atoms with Crippen molar-refractivity contribution in [1.82, 2.24) is 0 Å². The van der Waals surface area contributed by atoms with E-state index in [1.165, 1.54) is 33.5 Å². The number of aryl methyl sites for hydroxylation is 3. The third kappa shape index (κ3) is 1.67. The standard InChI is InChI=1S/C20H26N/c1-13-9-8-10-15-16(13)18-17(14(2)11-12-21(18)7)20(5,6)19(15,3)4/h8-12H,1-7H3/q+1. The van der Waals surface area contributed by atoms with Crippen LogP contribution in [0.5, 0.6) is 0 Å². The van der Waals surface area contributed by atoms with Crippen molar-refractivity contribution in [1.29, 1.82) is 0 Å². The minimum Gasteiger partial charge on any atom is -0.201 e. The monoisotopic (exact) mass is 280 g/mol. The van der Waals surface area contributed by atoms with Crippen LogP contribution in [0.3, 0.4) is 0 Å². The van der Waals surface area contributed by atoms with Crippen molar-refractivity contribution in [2.45, 2.75) is 52.4 Å². The largest absolute Gasteiger partial charge is 0.216 e. The summed E-state index contributed by atoms with van der Waals surface area (Å²) in [5.41, 5.74) is 8.79. The first kappa shape index (κ1) is 14.3. The maximum atomic E-state index is 2.39. The fraction of sp³-hybridized carbons (Fsp3) is 0.450. The van der Waals surface area contributed by atoms with Crippen molar-refractivity contribution in [3.8, 4) is 11.3 Å². The van der Waals surface area contributed by atoms with Gasteiger partial charge in [0.1, 0.15) is 7.05 Å². The Morgan fingerprint density at radius 1 is 0.857 bits per heavy atom. The highest BCUT2D eigenvalue weighted by molar-refractivity contribution is 5.76. The molecule has 3 rings (SSSR count). The number of aromatic nitrogens is 1. The lowest BCUT2D eigenvalue weighted by Gasteiger charge is -2.47. The molecule has 1 heteroatoms. The molecule has 1 aliphatic rings. The molecule has 1 aliphatic carbocycles. The van der Waals surface area contributed by atoms with Crippen LogP contribution in [0.1, 0.15) is 49.9 Å². The number of nitrogens with zero attached hydrogens (tertiary/aromatic N) is 1. The number of pyridine rings is 1. The fourth-order valence-corrected chi connectivity index (χ4v) is 3.99. The molecule has 0 aliphatic heterocycles. The smallest absolute Gasteiger partial charge is 0.201 e. The summed E-state index contributed by atoms with van der Waals surface area (Å²) < 4.78 is 2.30. The molecule has 1 aromatic heterocycles. The van der Waals surface area contributed by atoms with E-state index in [0.717, 1.165) is 0 Å². The van der Waals surface area contributed by atoms with E-state index >= 15 is 0 Å². The maximum Gasteiger partial charge on any atom is 0.216 e. The van der Waals surface area contributed by atoms with Gasteiger partial charge >= 0.3 is 0 Å². The Morgan fingerprint density at radius 2 is 1.52 bits per heavy atom. The van der Waals surface area contributed by atoms with Crippen LogP contribution in [0.25, 0.3) is 11.3 Å². The minimum absolute atomic E-state index is 0.103. The van der Waals surface area contributed by atoms with Gasteiger partial charge in [0.25, 0.3) is 0 Å². The molecule has 0 N–H and O–H groups in total. The Hall–Kier alpha value is -1.63. The summed E-state index contributed by atoms with van der Waals surface area (Å²) in [6.07, 6.45) is 2.19. The minimum atomic E-state index is 0.103. The van der Waals surface area contributed by atoms with Gasteiger partial charge in [-0.1, -0.05) is 45.9 Å². The Balaban J connectivity index is 2.56. The zero-order chi connectivity index (χ0) is 15.6. The van der Waals surface area contributed by atoms with Crippen LogP contribution in [-0.2, 0) is 17.9 Å². The summed E-state index contributed by atoms with van der Waals surface area (Å²) in [6.45, 7) is 14.1. The van der Waals surface area contributed by atoms with Crippen molar-refractivity contribution >= 4 is 0 Å². The third-order valence-electron chi connectivity index (χ3n) is 5.90. The predicted octanol–water partition coefficient (Wildman–Crippen LogP) is 4.36. The summed E-state index contributed by atoms with van der Waals surface area (Å²) in [5, 5.41) is 0. The number of benzene rings is 1. The van der Waals surface area contributed by atoms with Gasteiger partial charge in [-0.3, -0.25) is 0 Å². The molecular formula is C20H26N+. The van der Waals surface area contributed by atoms with Crippen LogP contribution in [0.4, 0.5) is 0 Å². The summed E-state index contributed by atoms with van der Waals surface area (Å²) >= 11 is 0. The highest BCUT2D eigenvalue weighted by Gasteiger charge is 2.49. The lowest BCUT2D eigenvalue weighted by molar-refractivity contribution is -0.661. The zero-order valence-corrected chi connectivity index (χ0v) is 14.3.